The Balaban J connectivity index is 2.27. The monoisotopic (exact) mass is 338 g/mol. The highest BCUT2D eigenvalue weighted by atomic mass is 79.9. The first-order valence-electron chi connectivity index (χ1n) is 6.96. The van der Waals surface area contributed by atoms with Crippen molar-refractivity contribution in [1.29, 1.82) is 0 Å². The molecule has 2 N–H and O–H groups in total. The lowest BCUT2D eigenvalue weighted by Crippen LogP contribution is -2.16. The standard InChI is InChI=1S/C15H19BrN2O2/c16-14-7-6-11(9-15(14)18(19)20)8-13(10-17)12-4-2-1-3-5-12/h6-9,12H,1-5,10,17H2/b13-8-. The molecule has 0 bridgehead atoms. The Morgan fingerprint density at radius 3 is 2.70 bits per heavy atom. The van der Waals surface area contributed by atoms with Crippen molar-refractivity contribution in [2.75, 3.05) is 6.54 Å². The molecule has 1 saturated carbocycles. The van der Waals surface area contributed by atoms with Gasteiger partial charge in [0, 0.05) is 12.6 Å². The summed E-state index contributed by atoms with van der Waals surface area (Å²) in [5.41, 5.74) is 8.03. The molecule has 0 amide bonds. The quantitative estimate of drug-likeness (QED) is 0.657. The van der Waals surface area contributed by atoms with Crippen molar-refractivity contribution in [3.8, 4) is 0 Å². The number of nitro benzene ring substituents is 1. The Labute approximate surface area is 127 Å². The smallest absolute Gasteiger partial charge is 0.284 e. The molecule has 0 unspecified atom stereocenters. The van der Waals surface area contributed by atoms with Crippen LogP contribution in [0.2, 0.25) is 0 Å². The predicted molar refractivity (Wildman–Crippen MR) is 84.4 cm³/mol. The summed E-state index contributed by atoms with van der Waals surface area (Å²) in [5.74, 6) is 0.538. The van der Waals surface area contributed by atoms with Gasteiger partial charge in [0.15, 0.2) is 0 Å². The second-order valence-corrected chi connectivity index (χ2v) is 6.08. The molecule has 0 aliphatic heterocycles. The Bertz CT molecular complexity index is 523. The molecule has 20 heavy (non-hydrogen) atoms. The van der Waals surface area contributed by atoms with Crippen molar-refractivity contribution >= 4 is 27.7 Å². The Hall–Kier alpha value is -1.20. The van der Waals surface area contributed by atoms with Crippen LogP contribution in [0, 0.1) is 16.0 Å². The molecule has 0 saturated heterocycles. The largest absolute Gasteiger partial charge is 0.327 e. The average Bonchev–Trinajstić information content (AvgIpc) is 2.47. The topological polar surface area (TPSA) is 69.2 Å². The van der Waals surface area contributed by atoms with Gasteiger partial charge in [0.25, 0.3) is 5.69 Å². The van der Waals surface area contributed by atoms with Gasteiger partial charge < -0.3 is 5.73 Å². The molecule has 0 radical (unpaired) electrons. The minimum atomic E-state index is -0.371. The van der Waals surface area contributed by atoms with Gasteiger partial charge in [-0.3, -0.25) is 10.1 Å². The summed E-state index contributed by atoms with van der Waals surface area (Å²) in [6, 6.07) is 5.21. The summed E-state index contributed by atoms with van der Waals surface area (Å²) in [6.07, 6.45) is 8.20. The predicted octanol–water partition coefficient (Wildman–Crippen LogP) is 4.28. The van der Waals surface area contributed by atoms with Crippen molar-refractivity contribution in [3.63, 3.8) is 0 Å². The van der Waals surface area contributed by atoms with Crippen LogP contribution < -0.4 is 5.73 Å². The van der Waals surface area contributed by atoms with Gasteiger partial charge in [-0.15, -0.1) is 0 Å². The molecule has 108 valence electrons. The minimum absolute atomic E-state index is 0.0961. The zero-order valence-corrected chi connectivity index (χ0v) is 12.9. The van der Waals surface area contributed by atoms with Crippen molar-refractivity contribution in [3.05, 3.63) is 43.9 Å². The number of halogens is 1. The van der Waals surface area contributed by atoms with Gasteiger partial charge in [-0.2, -0.15) is 0 Å². The van der Waals surface area contributed by atoms with Gasteiger partial charge in [0.1, 0.15) is 0 Å². The number of nitro groups is 1. The van der Waals surface area contributed by atoms with Gasteiger partial charge in [0.05, 0.1) is 9.40 Å². The zero-order valence-electron chi connectivity index (χ0n) is 11.3. The number of rotatable bonds is 4. The normalized spacial score (nSPS) is 17.2. The van der Waals surface area contributed by atoms with E-state index in [-0.39, 0.29) is 10.6 Å². The van der Waals surface area contributed by atoms with Crippen LogP contribution in [-0.2, 0) is 0 Å². The highest BCUT2D eigenvalue weighted by molar-refractivity contribution is 9.10. The number of hydrogen-bond donors (Lipinski definition) is 1. The fourth-order valence-electron chi connectivity index (χ4n) is 2.79. The van der Waals surface area contributed by atoms with E-state index in [4.69, 9.17) is 5.73 Å². The third-order valence-corrected chi connectivity index (χ3v) is 4.55. The van der Waals surface area contributed by atoms with Gasteiger partial charge in [0.2, 0.25) is 0 Å². The lowest BCUT2D eigenvalue weighted by Gasteiger charge is -2.23. The van der Waals surface area contributed by atoms with Gasteiger partial charge in [-0.25, -0.2) is 0 Å². The summed E-state index contributed by atoms with van der Waals surface area (Å²) in [6.45, 7) is 0.522. The number of nitrogens with two attached hydrogens (primary N) is 1. The van der Waals surface area contributed by atoms with Crippen LogP contribution in [0.25, 0.3) is 6.08 Å². The summed E-state index contributed by atoms with van der Waals surface area (Å²) in [7, 11) is 0. The second-order valence-electron chi connectivity index (χ2n) is 5.23. The SMILES string of the molecule is NC/C(=C/c1ccc(Br)c([N+](=O)[O-])c1)C1CCCCC1. The first kappa shape index (κ1) is 15.2. The second kappa shape index (κ2) is 6.99. The van der Waals surface area contributed by atoms with Crippen LogP contribution in [-0.4, -0.2) is 11.5 Å². The number of nitrogens with zero attached hydrogens (tertiary/aromatic N) is 1. The van der Waals surface area contributed by atoms with E-state index in [0.29, 0.717) is 16.9 Å². The first-order valence-corrected chi connectivity index (χ1v) is 7.75. The number of hydrogen-bond acceptors (Lipinski definition) is 3. The van der Waals surface area contributed by atoms with Gasteiger partial charge in [-0.05, 0) is 46.3 Å². The first-order chi connectivity index (χ1) is 9.61. The molecule has 4 nitrogen and oxygen atoms in total. The molecule has 1 aliphatic carbocycles. The van der Waals surface area contributed by atoms with E-state index >= 15 is 0 Å². The molecule has 0 aromatic heterocycles. The molecule has 1 aromatic rings. The summed E-state index contributed by atoms with van der Waals surface area (Å²) in [4.78, 5) is 10.6. The molecule has 1 aliphatic rings. The molecule has 2 rings (SSSR count). The lowest BCUT2D eigenvalue weighted by atomic mass is 9.83. The van der Waals surface area contributed by atoms with Gasteiger partial charge >= 0.3 is 0 Å². The van der Waals surface area contributed by atoms with E-state index in [1.165, 1.54) is 37.7 Å². The summed E-state index contributed by atoms with van der Waals surface area (Å²) < 4.78 is 0.506. The van der Waals surface area contributed by atoms with Crippen LogP contribution >= 0.6 is 15.9 Å². The average molecular weight is 339 g/mol. The van der Waals surface area contributed by atoms with Crippen LogP contribution in [0.4, 0.5) is 5.69 Å². The van der Waals surface area contributed by atoms with E-state index in [2.05, 4.69) is 15.9 Å². The molecule has 0 heterocycles. The van der Waals surface area contributed by atoms with Gasteiger partial charge in [-0.1, -0.05) is 37.0 Å². The van der Waals surface area contributed by atoms with E-state index in [0.717, 1.165) is 5.56 Å². The summed E-state index contributed by atoms with van der Waals surface area (Å²) >= 11 is 3.20. The van der Waals surface area contributed by atoms with Crippen LogP contribution in [0.15, 0.2) is 28.2 Å². The molecule has 0 atom stereocenters. The zero-order chi connectivity index (χ0) is 14.5. The van der Waals surface area contributed by atoms with Crippen LogP contribution in [0.3, 0.4) is 0 Å². The maximum absolute atomic E-state index is 11.0. The van der Waals surface area contributed by atoms with E-state index in [1.54, 1.807) is 12.1 Å². The number of benzene rings is 1. The summed E-state index contributed by atoms with van der Waals surface area (Å²) in [5, 5.41) is 11.0. The Morgan fingerprint density at radius 2 is 2.10 bits per heavy atom. The van der Waals surface area contributed by atoms with E-state index in [1.807, 2.05) is 12.1 Å². The molecule has 1 fully saturated rings. The van der Waals surface area contributed by atoms with Crippen LogP contribution in [0.1, 0.15) is 37.7 Å². The third-order valence-electron chi connectivity index (χ3n) is 3.88. The maximum atomic E-state index is 11.0. The highest BCUT2D eigenvalue weighted by Gasteiger charge is 2.17. The molecular formula is C15H19BrN2O2. The third kappa shape index (κ3) is 3.67. The Morgan fingerprint density at radius 1 is 1.40 bits per heavy atom. The molecule has 5 heteroatoms. The van der Waals surface area contributed by atoms with Crippen molar-refractivity contribution in [2.24, 2.45) is 11.7 Å². The van der Waals surface area contributed by atoms with Crippen molar-refractivity contribution in [1.82, 2.24) is 0 Å². The van der Waals surface area contributed by atoms with Crippen LogP contribution in [0.5, 0.6) is 0 Å². The molecule has 0 spiro atoms. The minimum Gasteiger partial charge on any atom is -0.327 e. The van der Waals surface area contributed by atoms with E-state index < -0.39 is 0 Å². The Kier molecular flexibility index (Phi) is 5.31. The fourth-order valence-corrected chi connectivity index (χ4v) is 3.18. The molecule has 1 aromatic carbocycles. The highest BCUT2D eigenvalue weighted by Crippen LogP contribution is 2.32. The van der Waals surface area contributed by atoms with E-state index in [9.17, 15) is 10.1 Å². The van der Waals surface area contributed by atoms with Crippen molar-refractivity contribution < 1.29 is 4.92 Å². The molecular weight excluding hydrogens is 320 g/mol. The van der Waals surface area contributed by atoms with Crippen molar-refractivity contribution in [2.45, 2.75) is 32.1 Å². The lowest BCUT2D eigenvalue weighted by molar-refractivity contribution is -0.385. The fraction of sp³-hybridized carbons (Fsp3) is 0.467. The maximum Gasteiger partial charge on any atom is 0.284 e.